The molecule has 0 aliphatic carbocycles. The summed E-state index contributed by atoms with van der Waals surface area (Å²) in [7, 11) is 0. The molecule has 0 amide bonds. The Balaban J connectivity index is 2.73. The summed E-state index contributed by atoms with van der Waals surface area (Å²) in [6.07, 6.45) is 0. The van der Waals surface area contributed by atoms with Crippen molar-refractivity contribution in [3.05, 3.63) is 67.3 Å². The molecule has 0 aromatic heterocycles. The summed E-state index contributed by atoms with van der Waals surface area (Å²) in [5.41, 5.74) is 0.624. The van der Waals surface area contributed by atoms with E-state index in [2.05, 4.69) is 5.32 Å². The third-order valence-corrected chi connectivity index (χ3v) is 3.74. The molecule has 136 valence electrons. The van der Waals surface area contributed by atoms with Crippen molar-refractivity contribution in [3.63, 3.8) is 0 Å². The second-order valence-electron chi connectivity index (χ2n) is 5.51. The lowest BCUT2D eigenvalue weighted by atomic mass is 10.1. The second-order valence-corrected chi connectivity index (χ2v) is 5.51. The molecule has 2 aromatic carbocycles. The van der Waals surface area contributed by atoms with Gasteiger partial charge in [-0.2, -0.15) is 0 Å². The molecule has 0 aliphatic rings. The molecule has 9 nitrogen and oxygen atoms in total. The summed E-state index contributed by atoms with van der Waals surface area (Å²) in [5, 5.41) is 25.5. The highest BCUT2D eigenvalue weighted by Gasteiger charge is 2.29. The highest BCUT2D eigenvalue weighted by atomic mass is 16.6. The van der Waals surface area contributed by atoms with E-state index in [0.717, 1.165) is 23.3 Å². The van der Waals surface area contributed by atoms with Gasteiger partial charge < -0.3 is 10.1 Å². The largest absolute Gasteiger partial charge is 0.462 e. The van der Waals surface area contributed by atoms with E-state index in [-0.39, 0.29) is 17.9 Å². The fraction of sp³-hybridized carbons (Fsp3) is 0.235. The van der Waals surface area contributed by atoms with Crippen LogP contribution in [0.1, 0.15) is 28.4 Å². The Morgan fingerprint density at radius 1 is 1.08 bits per heavy atom. The topological polar surface area (TPSA) is 125 Å². The molecule has 9 heteroatoms. The van der Waals surface area contributed by atoms with Crippen LogP contribution in [-0.2, 0) is 4.74 Å². The fourth-order valence-corrected chi connectivity index (χ4v) is 2.50. The highest BCUT2D eigenvalue weighted by Crippen LogP contribution is 2.37. The minimum absolute atomic E-state index is 0.0259. The van der Waals surface area contributed by atoms with Gasteiger partial charge in [0, 0.05) is 11.8 Å². The maximum absolute atomic E-state index is 12.3. The SMILES string of the molecule is CCOC(=O)c1cc([N+](=O)[O-])cc([N+](=O)[O-])c1Nc1c(C)cccc1C. The molecule has 0 aliphatic heterocycles. The van der Waals surface area contributed by atoms with Crippen LogP contribution in [0.2, 0.25) is 0 Å². The Morgan fingerprint density at radius 3 is 2.19 bits per heavy atom. The van der Waals surface area contributed by atoms with E-state index in [1.165, 1.54) is 0 Å². The molecule has 26 heavy (non-hydrogen) atoms. The lowest BCUT2D eigenvalue weighted by molar-refractivity contribution is -0.393. The van der Waals surface area contributed by atoms with Gasteiger partial charge in [-0.15, -0.1) is 0 Å². The smallest absolute Gasteiger partial charge is 0.340 e. The van der Waals surface area contributed by atoms with Crippen molar-refractivity contribution in [2.45, 2.75) is 20.8 Å². The van der Waals surface area contributed by atoms with E-state index < -0.39 is 27.2 Å². The van der Waals surface area contributed by atoms with Crippen molar-refractivity contribution in [3.8, 4) is 0 Å². The number of carbonyl (C=O) groups excluding carboxylic acids is 1. The number of anilines is 2. The number of para-hydroxylation sites is 1. The number of hydrogen-bond donors (Lipinski definition) is 1. The number of esters is 1. The lowest BCUT2D eigenvalue weighted by Gasteiger charge is -2.15. The van der Waals surface area contributed by atoms with Crippen LogP contribution >= 0.6 is 0 Å². The maximum atomic E-state index is 12.3. The van der Waals surface area contributed by atoms with E-state index in [1.807, 2.05) is 6.07 Å². The van der Waals surface area contributed by atoms with Gasteiger partial charge in [0.1, 0.15) is 5.69 Å². The Hall–Kier alpha value is -3.49. The quantitative estimate of drug-likeness (QED) is 0.469. The number of benzene rings is 2. The number of carbonyl (C=O) groups is 1. The standard InChI is InChI=1S/C17H17N3O6/c1-4-26-17(21)13-8-12(19(22)23)9-14(20(24)25)16(13)18-15-10(2)6-5-7-11(15)3/h5-9,18H,4H2,1-3H3. The number of nitro benzene ring substituents is 2. The molecule has 2 aromatic rings. The van der Waals surface area contributed by atoms with E-state index in [4.69, 9.17) is 4.74 Å². The van der Waals surface area contributed by atoms with Crippen molar-refractivity contribution in [2.75, 3.05) is 11.9 Å². The molecule has 0 radical (unpaired) electrons. The number of ether oxygens (including phenoxy) is 1. The predicted molar refractivity (Wildman–Crippen MR) is 94.9 cm³/mol. The second kappa shape index (κ2) is 7.60. The van der Waals surface area contributed by atoms with Gasteiger partial charge in [0.2, 0.25) is 0 Å². The van der Waals surface area contributed by atoms with Crippen molar-refractivity contribution in [2.24, 2.45) is 0 Å². The zero-order valence-electron chi connectivity index (χ0n) is 14.4. The Labute approximate surface area is 148 Å². The normalized spacial score (nSPS) is 10.3. The summed E-state index contributed by atoms with van der Waals surface area (Å²) >= 11 is 0. The van der Waals surface area contributed by atoms with Crippen LogP contribution in [-0.4, -0.2) is 22.4 Å². The Bertz CT molecular complexity index is 874. The third kappa shape index (κ3) is 3.77. The Morgan fingerprint density at radius 2 is 1.69 bits per heavy atom. The molecule has 0 fully saturated rings. The first-order valence-electron chi connectivity index (χ1n) is 7.73. The van der Waals surface area contributed by atoms with E-state index in [0.29, 0.717) is 5.69 Å². The van der Waals surface area contributed by atoms with Gasteiger partial charge in [-0.3, -0.25) is 20.2 Å². The van der Waals surface area contributed by atoms with Gasteiger partial charge in [-0.1, -0.05) is 18.2 Å². The van der Waals surface area contributed by atoms with Gasteiger partial charge in [0.15, 0.2) is 0 Å². The summed E-state index contributed by atoms with van der Waals surface area (Å²) < 4.78 is 4.91. The number of hydrogen-bond acceptors (Lipinski definition) is 7. The molecule has 0 atom stereocenters. The number of nitrogens with zero attached hydrogens (tertiary/aromatic N) is 2. The number of non-ortho nitro benzene ring substituents is 1. The predicted octanol–water partition coefficient (Wildman–Crippen LogP) is 4.04. The first-order chi connectivity index (χ1) is 12.3. The molecule has 0 unspecified atom stereocenters. The zero-order chi connectivity index (χ0) is 19.4. The van der Waals surface area contributed by atoms with Crippen molar-refractivity contribution >= 4 is 28.7 Å². The molecule has 0 saturated heterocycles. The van der Waals surface area contributed by atoms with Crippen LogP contribution in [0, 0.1) is 34.1 Å². The zero-order valence-corrected chi connectivity index (χ0v) is 14.4. The molecule has 0 heterocycles. The summed E-state index contributed by atoms with van der Waals surface area (Å²) in [5.74, 6) is -0.881. The van der Waals surface area contributed by atoms with Gasteiger partial charge in [0.25, 0.3) is 11.4 Å². The van der Waals surface area contributed by atoms with Gasteiger partial charge in [0.05, 0.1) is 28.1 Å². The van der Waals surface area contributed by atoms with Crippen LogP contribution in [0.15, 0.2) is 30.3 Å². The number of rotatable bonds is 6. The van der Waals surface area contributed by atoms with Crippen molar-refractivity contribution < 1.29 is 19.4 Å². The lowest BCUT2D eigenvalue weighted by Crippen LogP contribution is -2.11. The van der Waals surface area contributed by atoms with Gasteiger partial charge in [-0.05, 0) is 31.9 Å². The summed E-state index contributed by atoms with van der Waals surface area (Å²) in [6.45, 7) is 5.20. The average molecular weight is 359 g/mol. The van der Waals surface area contributed by atoms with E-state index in [1.54, 1.807) is 32.9 Å². The molecular weight excluding hydrogens is 342 g/mol. The first kappa shape index (κ1) is 18.8. The summed E-state index contributed by atoms with van der Waals surface area (Å²) in [6, 6.07) is 7.22. The van der Waals surface area contributed by atoms with Crippen LogP contribution in [0.25, 0.3) is 0 Å². The first-order valence-corrected chi connectivity index (χ1v) is 7.73. The minimum atomic E-state index is -0.881. The number of nitro groups is 2. The van der Waals surface area contributed by atoms with Crippen LogP contribution in [0.5, 0.6) is 0 Å². The van der Waals surface area contributed by atoms with Crippen LogP contribution in [0.4, 0.5) is 22.7 Å². The fourth-order valence-electron chi connectivity index (χ4n) is 2.50. The third-order valence-electron chi connectivity index (χ3n) is 3.74. The molecular formula is C17H17N3O6. The maximum Gasteiger partial charge on any atom is 0.340 e. The van der Waals surface area contributed by atoms with Crippen LogP contribution in [0.3, 0.4) is 0 Å². The highest BCUT2D eigenvalue weighted by molar-refractivity contribution is 6.00. The number of nitrogens with one attached hydrogen (secondary N) is 1. The average Bonchev–Trinajstić information content (AvgIpc) is 2.57. The molecule has 1 N–H and O–H groups in total. The van der Waals surface area contributed by atoms with Crippen molar-refractivity contribution in [1.29, 1.82) is 0 Å². The molecule has 0 saturated carbocycles. The Kier molecular flexibility index (Phi) is 5.51. The summed E-state index contributed by atoms with van der Waals surface area (Å²) in [4.78, 5) is 33.3. The molecule has 0 spiro atoms. The van der Waals surface area contributed by atoms with E-state index in [9.17, 15) is 25.0 Å². The monoisotopic (exact) mass is 359 g/mol. The van der Waals surface area contributed by atoms with Gasteiger partial charge in [-0.25, -0.2) is 4.79 Å². The van der Waals surface area contributed by atoms with E-state index >= 15 is 0 Å². The minimum Gasteiger partial charge on any atom is -0.462 e. The number of aryl methyl sites for hydroxylation is 2. The molecule has 2 rings (SSSR count). The molecule has 0 bridgehead atoms. The van der Waals surface area contributed by atoms with Crippen molar-refractivity contribution in [1.82, 2.24) is 0 Å². The van der Waals surface area contributed by atoms with Gasteiger partial charge >= 0.3 is 5.97 Å². The van der Waals surface area contributed by atoms with Crippen LogP contribution < -0.4 is 5.32 Å².